The molecule has 1 aromatic carbocycles. The van der Waals surface area contributed by atoms with Crippen LogP contribution in [0.3, 0.4) is 0 Å². The van der Waals surface area contributed by atoms with Crippen molar-refractivity contribution < 1.29 is 4.74 Å². The van der Waals surface area contributed by atoms with E-state index in [0.717, 1.165) is 16.8 Å². The number of rotatable bonds is 5. The smallest absolute Gasteiger partial charge is 0.141 e. The number of pyridine rings is 1. The van der Waals surface area contributed by atoms with Crippen LogP contribution in [-0.2, 0) is 18.4 Å². The van der Waals surface area contributed by atoms with Gasteiger partial charge in [-0.3, -0.25) is 0 Å². The van der Waals surface area contributed by atoms with Gasteiger partial charge in [-0.15, -0.1) is 0 Å². The first-order valence-electron chi connectivity index (χ1n) is 7.75. The molecule has 0 spiro atoms. The third-order valence-corrected chi connectivity index (χ3v) is 4.60. The molecule has 3 aromatic rings. The minimum absolute atomic E-state index is 0.301. The number of aryl methyl sites for hydroxylation is 1. The van der Waals surface area contributed by atoms with Crippen molar-refractivity contribution in [1.29, 1.82) is 10.5 Å². The Bertz CT molecular complexity index is 998. The van der Waals surface area contributed by atoms with E-state index in [1.54, 1.807) is 30.7 Å². The molecule has 0 amide bonds. The fraction of sp³-hybridized carbons (Fsp3) is 0.158. The summed E-state index contributed by atoms with van der Waals surface area (Å²) in [7, 11) is 1.90. The second-order valence-electron chi connectivity index (χ2n) is 5.61. The van der Waals surface area contributed by atoms with Crippen LogP contribution in [0.2, 0.25) is 0 Å². The lowest BCUT2D eigenvalue weighted by molar-refractivity contribution is 0.0616. The van der Waals surface area contributed by atoms with Gasteiger partial charge in [-0.25, -0.2) is 9.97 Å². The molecule has 0 N–H and O–H groups in total. The van der Waals surface area contributed by atoms with E-state index in [-0.39, 0.29) is 6.10 Å². The number of aromatic nitrogens is 3. The Balaban J connectivity index is 1.88. The van der Waals surface area contributed by atoms with Gasteiger partial charge in [0, 0.05) is 12.6 Å². The van der Waals surface area contributed by atoms with Crippen LogP contribution in [0.1, 0.15) is 34.2 Å². The van der Waals surface area contributed by atoms with E-state index in [9.17, 15) is 0 Å². The van der Waals surface area contributed by atoms with Crippen molar-refractivity contribution in [2.75, 3.05) is 0 Å². The van der Waals surface area contributed by atoms with Crippen LogP contribution in [0.5, 0.6) is 0 Å². The predicted molar refractivity (Wildman–Crippen MR) is 97.6 cm³/mol. The number of ether oxygens (including phenoxy) is 1. The maximum absolute atomic E-state index is 8.99. The van der Waals surface area contributed by atoms with Gasteiger partial charge in [-0.1, -0.05) is 18.2 Å². The SMILES string of the molecule is Cn1cncc1C(OCc1ccc(C#N)nc1Br)c1ccc(C#N)cc1. The van der Waals surface area contributed by atoms with Gasteiger partial charge in [0.1, 0.15) is 22.5 Å². The molecule has 1 atom stereocenters. The average Bonchev–Trinajstić information content (AvgIpc) is 3.09. The normalized spacial score (nSPS) is 11.5. The average molecular weight is 408 g/mol. The topological polar surface area (TPSA) is 87.5 Å². The Hall–Kier alpha value is -3.00. The standard InChI is InChI=1S/C19H14BrN5O/c1-25-12-23-10-17(25)18(14-4-2-13(8-21)3-5-14)26-11-15-6-7-16(9-22)24-19(15)20/h2-7,10,12,18H,11H2,1H3. The van der Waals surface area contributed by atoms with E-state index >= 15 is 0 Å². The van der Waals surface area contributed by atoms with Gasteiger partial charge in [0.2, 0.25) is 0 Å². The zero-order chi connectivity index (χ0) is 18.5. The first-order valence-corrected chi connectivity index (χ1v) is 8.55. The van der Waals surface area contributed by atoms with Crippen molar-refractivity contribution in [3.8, 4) is 12.1 Å². The molecule has 0 radical (unpaired) electrons. The van der Waals surface area contributed by atoms with Gasteiger partial charge in [0.05, 0.1) is 36.5 Å². The number of halogens is 1. The van der Waals surface area contributed by atoms with Crippen LogP contribution < -0.4 is 0 Å². The first kappa shape index (κ1) is 17.8. The third kappa shape index (κ3) is 3.80. The lowest BCUT2D eigenvalue weighted by Gasteiger charge is -2.19. The highest BCUT2D eigenvalue weighted by molar-refractivity contribution is 9.10. The lowest BCUT2D eigenvalue weighted by atomic mass is 10.0. The van der Waals surface area contributed by atoms with Crippen LogP contribution in [0, 0.1) is 22.7 Å². The number of nitrogens with zero attached hydrogens (tertiary/aromatic N) is 5. The van der Waals surface area contributed by atoms with Gasteiger partial charge in [0.15, 0.2) is 0 Å². The van der Waals surface area contributed by atoms with E-state index in [1.165, 1.54) is 0 Å². The van der Waals surface area contributed by atoms with Gasteiger partial charge in [-0.2, -0.15) is 10.5 Å². The molecule has 0 fully saturated rings. The van der Waals surface area contributed by atoms with E-state index in [2.05, 4.69) is 32.0 Å². The van der Waals surface area contributed by atoms with Gasteiger partial charge in [0.25, 0.3) is 0 Å². The van der Waals surface area contributed by atoms with Crippen LogP contribution in [0.25, 0.3) is 0 Å². The summed E-state index contributed by atoms with van der Waals surface area (Å²) in [4.78, 5) is 8.34. The van der Waals surface area contributed by atoms with Gasteiger partial charge >= 0.3 is 0 Å². The molecule has 0 aliphatic carbocycles. The number of imidazole rings is 1. The molecule has 0 saturated carbocycles. The van der Waals surface area contributed by atoms with E-state index in [4.69, 9.17) is 15.3 Å². The van der Waals surface area contributed by atoms with Gasteiger partial charge in [-0.05, 0) is 39.7 Å². The van der Waals surface area contributed by atoms with Crippen LogP contribution >= 0.6 is 15.9 Å². The maximum atomic E-state index is 8.99. The molecule has 0 bridgehead atoms. The molecular formula is C19H14BrN5O. The molecule has 2 heterocycles. The van der Waals surface area contributed by atoms with Crippen molar-refractivity contribution in [3.63, 3.8) is 0 Å². The summed E-state index contributed by atoms with van der Waals surface area (Å²) in [6.07, 6.45) is 3.13. The molecule has 0 aliphatic heterocycles. The van der Waals surface area contributed by atoms with Crippen LogP contribution in [0.4, 0.5) is 0 Å². The second kappa shape index (κ2) is 7.92. The maximum Gasteiger partial charge on any atom is 0.141 e. The molecule has 6 nitrogen and oxygen atoms in total. The Morgan fingerprint density at radius 2 is 1.92 bits per heavy atom. The largest absolute Gasteiger partial charge is 0.362 e. The zero-order valence-electron chi connectivity index (χ0n) is 13.9. The summed E-state index contributed by atoms with van der Waals surface area (Å²) < 4.78 is 8.65. The van der Waals surface area contributed by atoms with Crippen molar-refractivity contribution in [1.82, 2.24) is 14.5 Å². The molecule has 26 heavy (non-hydrogen) atoms. The summed E-state index contributed by atoms with van der Waals surface area (Å²) >= 11 is 3.38. The van der Waals surface area contributed by atoms with Crippen molar-refractivity contribution in [3.05, 3.63) is 81.6 Å². The summed E-state index contributed by atoms with van der Waals surface area (Å²) in [6, 6.07) is 14.9. The quantitative estimate of drug-likeness (QED) is 0.602. The van der Waals surface area contributed by atoms with E-state index in [1.807, 2.05) is 35.9 Å². The predicted octanol–water partition coefficient (Wildman–Crippen LogP) is 3.63. The lowest BCUT2D eigenvalue weighted by Crippen LogP contribution is -2.11. The zero-order valence-corrected chi connectivity index (χ0v) is 15.5. The Morgan fingerprint density at radius 3 is 2.50 bits per heavy atom. The summed E-state index contributed by atoms with van der Waals surface area (Å²) in [6.45, 7) is 0.301. The molecule has 0 aliphatic rings. The monoisotopic (exact) mass is 407 g/mol. The number of benzene rings is 1. The molecular weight excluding hydrogens is 394 g/mol. The minimum atomic E-state index is -0.349. The van der Waals surface area contributed by atoms with Gasteiger partial charge < -0.3 is 9.30 Å². The molecule has 2 aromatic heterocycles. The molecule has 0 saturated heterocycles. The summed E-state index contributed by atoms with van der Waals surface area (Å²) in [5.74, 6) is 0. The van der Waals surface area contributed by atoms with Crippen molar-refractivity contribution in [2.24, 2.45) is 7.05 Å². The van der Waals surface area contributed by atoms with Crippen LogP contribution in [-0.4, -0.2) is 14.5 Å². The fourth-order valence-corrected chi connectivity index (χ4v) is 2.95. The number of hydrogen-bond donors (Lipinski definition) is 0. The van der Waals surface area contributed by atoms with E-state index in [0.29, 0.717) is 22.5 Å². The third-order valence-electron chi connectivity index (χ3n) is 3.91. The summed E-state index contributed by atoms with van der Waals surface area (Å²) in [5, 5.41) is 17.9. The highest BCUT2D eigenvalue weighted by atomic mass is 79.9. The van der Waals surface area contributed by atoms with Crippen LogP contribution in [0.15, 0.2) is 53.5 Å². The number of nitriles is 2. The fourth-order valence-electron chi connectivity index (χ4n) is 2.51. The molecule has 128 valence electrons. The van der Waals surface area contributed by atoms with E-state index < -0.39 is 0 Å². The minimum Gasteiger partial charge on any atom is -0.362 e. The molecule has 7 heteroatoms. The summed E-state index contributed by atoms with van der Waals surface area (Å²) in [5.41, 5.74) is 3.59. The highest BCUT2D eigenvalue weighted by Gasteiger charge is 2.19. The Kier molecular flexibility index (Phi) is 5.43. The molecule has 1 unspecified atom stereocenters. The van der Waals surface area contributed by atoms with Crippen molar-refractivity contribution >= 4 is 15.9 Å². The number of hydrogen-bond acceptors (Lipinski definition) is 5. The second-order valence-corrected chi connectivity index (χ2v) is 6.36. The van der Waals surface area contributed by atoms with Crippen molar-refractivity contribution in [2.45, 2.75) is 12.7 Å². The Morgan fingerprint density at radius 1 is 1.15 bits per heavy atom. The highest BCUT2D eigenvalue weighted by Crippen LogP contribution is 2.28. The first-order chi connectivity index (χ1) is 12.6. The molecule has 3 rings (SSSR count). The Labute approximate surface area is 159 Å².